The lowest BCUT2D eigenvalue weighted by molar-refractivity contribution is -0.139. The third kappa shape index (κ3) is 2.20. The molecule has 1 aromatic carbocycles. The lowest BCUT2D eigenvalue weighted by Crippen LogP contribution is -2.10. The van der Waals surface area contributed by atoms with Gasteiger partial charge in [0.2, 0.25) is 0 Å². The van der Waals surface area contributed by atoms with E-state index in [2.05, 4.69) is 9.97 Å². The number of hydrogen-bond donors (Lipinski definition) is 2. The molecule has 0 bridgehead atoms. The highest BCUT2D eigenvalue weighted by atomic mass is 16.5. The van der Waals surface area contributed by atoms with Crippen LogP contribution in [-0.4, -0.2) is 27.7 Å². The fourth-order valence-electron chi connectivity index (χ4n) is 1.34. The standard InChI is InChI=1S/C11H10N2O3/c14-10(15)7-16-9-4-2-1-3-8(9)11-12-5-6-13-11/h1-6H,7H2,(H,12,13)(H,14,15). The summed E-state index contributed by atoms with van der Waals surface area (Å²) in [6, 6.07) is 7.14. The number of nitrogens with zero attached hydrogens (tertiary/aromatic N) is 1. The lowest BCUT2D eigenvalue weighted by Gasteiger charge is -2.07. The van der Waals surface area contributed by atoms with E-state index in [4.69, 9.17) is 9.84 Å². The predicted octanol–water partition coefficient (Wildman–Crippen LogP) is 1.54. The number of para-hydroxylation sites is 1. The van der Waals surface area contributed by atoms with E-state index in [0.717, 1.165) is 5.56 Å². The van der Waals surface area contributed by atoms with Crippen LogP contribution in [0.5, 0.6) is 5.75 Å². The van der Waals surface area contributed by atoms with Gasteiger partial charge in [0.15, 0.2) is 6.61 Å². The minimum absolute atomic E-state index is 0.363. The molecule has 2 aromatic rings. The van der Waals surface area contributed by atoms with Crippen LogP contribution < -0.4 is 4.74 Å². The molecule has 16 heavy (non-hydrogen) atoms. The quantitative estimate of drug-likeness (QED) is 0.816. The average Bonchev–Trinajstić information content (AvgIpc) is 2.80. The van der Waals surface area contributed by atoms with Crippen molar-refractivity contribution in [2.45, 2.75) is 0 Å². The van der Waals surface area contributed by atoms with E-state index in [-0.39, 0.29) is 6.61 Å². The smallest absolute Gasteiger partial charge is 0.341 e. The summed E-state index contributed by atoms with van der Waals surface area (Å²) in [5.74, 6) is 0.148. The third-order valence-electron chi connectivity index (χ3n) is 1.99. The zero-order valence-corrected chi connectivity index (χ0v) is 8.38. The van der Waals surface area contributed by atoms with E-state index in [9.17, 15) is 4.79 Å². The number of aromatic nitrogens is 2. The highest BCUT2D eigenvalue weighted by molar-refractivity contribution is 5.70. The summed E-state index contributed by atoms with van der Waals surface area (Å²) in [6.07, 6.45) is 3.33. The van der Waals surface area contributed by atoms with Crippen molar-refractivity contribution in [2.75, 3.05) is 6.61 Å². The summed E-state index contributed by atoms with van der Waals surface area (Å²) in [7, 11) is 0. The van der Waals surface area contributed by atoms with Crippen LogP contribution in [0.2, 0.25) is 0 Å². The summed E-state index contributed by atoms with van der Waals surface area (Å²) >= 11 is 0. The van der Waals surface area contributed by atoms with Gasteiger partial charge >= 0.3 is 5.97 Å². The number of benzene rings is 1. The molecule has 0 aliphatic heterocycles. The Morgan fingerprint density at radius 2 is 2.25 bits per heavy atom. The predicted molar refractivity (Wildman–Crippen MR) is 57.2 cm³/mol. The van der Waals surface area contributed by atoms with Gasteiger partial charge < -0.3 is 14.8 Å². The number of rotatable bonds is 4. The van der Waals surface area contributed by atoms with Crippen LogP contribution in [0.4, 0.5) is 0 Å². The number of nitrogens with one attached hydrogen (secondary N) is 1. The summed E-state index contributed by atoms with van der Waals surface area (Å²) in [4.78, 5) is 17.5. The highest BCUT2D eigenvalue weighted by Gasteiger charge is 2.08. The molecule has 2 rings (SSSR count). The second-order valence-electron chi connectivity index (χ2n) is 3.12. The number of carbonyl (C=O) groups is 1. The molecular weight excluding hydrogens is 208 g/mol. The molecule has 0 radical (unpaired) electrons. The maximum Gasteiger partial charge on any atom is 0.341 e. The van der Waals surface area contributed by atoms with Gasteiger partial charge in [-0.05, 0) is 12.1 Å². The van der Waals surface area contributed by atoms with Gasteiger partial charge in [0, 0.05) is 12.4 Å². The van der Waals surface area contributed by atoms with Gasteiger partial charge in [-0.1, -0.05) is 12.1 Å². The van der Waals surface area contributed by atoms with Crippen LogP contribution in [0.1, 0.15) is 0 Å². The molecule has 5 heteroatoms. The van der Waals surface area contributed by atoms with Gasteiger partial charge in [-0.25, -0.2) is 9.78 Å². The van der Waals surface area contributed by atoms with Crippen molar-refractivity contribution in [1.82, 2.24) is 9.97 Å². The Hall–Kier alpha value is -2.30. The molecule has 0 unspecified atom stereocenters. The molecule has 1 aromatic heterocycles. The van der Waals surface area contributed by atoms with Crippen molar-refractivity contribution in [3.8, 4) is 17.1 Å². The number of carboxylic acid groups (broad SMARTS) is 1. The molecule has 0 amide bonds. The Kier molecular flexibility index (Phi) is 2.86. The molecule has 1 heterocycles. The second kappa shape index (κ2) is 4.48. The first-order chi connectivity index (χ1) is 7.77. The van der Waals surface area contributed by atoms with Crippen molar-refractivity contribution in [3.63, 3.8) is 0 Å². The molecule has 0 saturated carbocycles. The molecule has 82 valence electrons. The number of aliphatic carboxylic acids is 1. The van der Waals surface area contributed by atoms with Crippen molar-refractivity contribution in [3.05, 3.63) is 36.7 Å². The zero-order chi connectivity index (χ0) is 11.4. The van der Waals surface area contributed by atoms with E-state index >= 15 is 0 Å². The van der Waals surface area contributed by atoms with Crippen LogP contribution >= 0.6 is 0 Å². The number of carboxylic acids is 1. The van der Waals surface area contributed by atoms with E-state index < -0.39 is 5.97 Å². The van der Waals surface area contributed by atoms with E-state index in [0.29, 0.717) is 11.6 Å². The van der Waals surface area contributed by atoms with Gasteiger partial charge in [-0.2, -0.15) is 0 Å². The minimum atomic E-state index is -1.01. The van der Waals surface area contributed by atoms with E-state index in [1.807, 2.05) is 12.1 Å². The van der Waals surface area contributed by atoms with Crippen LogP contribution in [0.25, 0.3) is 11.4 Å². The Labute approximate surface area is 91.7 Å². The SMILES string of the molecule is O=C(O)COc1ccccc1-c1ncc[nH]1. The van der Waals surface area contributed by atoms with Crippen LogP contribution in [0, 0.1) is 0 Å². The van der Waals surface area contributed by atoms with Crippen LogP contribution in [-0.2, 0) is 4.79 Å². The second-order valence-corrected chi connectivity index (χ2v) is 3.12. The maximum atomic E-state index is 10.4. The van der Waals surface area contributed by atoms with E-state index in [1.165, 1.54) is 0 Å². The fourth-order valence-corrected chi connectivity index (χ4v) is 1.34. The zero-order valence-electron chi connectivity index (χ0n) is 8.38. The molecule has 0 aliphatic rings. The first-order valence-corrected chi connectivity index (χ1v) is 4.71. The third-order valence-corrected chi connectivity index (χ3v) is 1.99. The van der Waals surface area contributed by atoms with Crippen molar-refractivity contribution >= 4 is 5.97 Å². The van der Waals surface area contributed by atoms with Crippen molar-refractivity contribution < 1.29 is 14.6 Å². The van der Waals surface area contributed by atoms with Crippen LogP contribution in [0.15, 0.2) is 36.7 Å². The lowest BCUT2D eigenvalue weighted by atomic mass is 10.2. The summed E-state index contributed by atoms with van der Waals surface area (Å²) in [6.45, 7) is -0.363. The molecule has 0 aliphatic carbocycles. The van der Waals surface area contributed by atoms with Gasteiger partial charge in [-0.15, -0.1) is 0 Å². The Bertz CT molecular complexity index is 480. The maximum absolute atomic E-state index is 10.4. The number of imidazole rings is 1. The molecule has 2 N–H and O–H groups in total. The largest absolute Gasteiger partial charge is 0.481 e. The fraction of sp³-hybridized carbons (Fsp3) is 0.0909. The molecule has 5 nitrogen and oxygen atoms in total. The summed E-state index contributed by atoms with van der Waals surface area (Å²) in [5.41, 5.74) is 0.744. The van der Waals surface area contributed by atoms with Gasteiger partial charge in [0.05, 0.1) is 5.56 Å². The van der Waals surface area contributed by atoms with Gasteiger partial charge in [0.25, 0.3) is 0 Å². The number of H-pyrrole nitrogens is 1. The normalized spacial score (nSPS) is 10.0. The van der Waals surface area contributed by atoms with Gasteiger partial charge in [-0.3, -0.25) is 0 Å². The Morgan fingerprint density at radius 1 is 1.44 bits per heavy atom. The van der Waals surface area contributed by atoms with Gasteiger partial charge in [0.1, 0.15) is 11.6 Å². The highest BCUT2D eigenvalue weighted by Crippen LogP contribution is 2.26. The molecule has 0 saturated heterocycles. The Balaban J connectivity index is 2.27. The van der Waals surface area contributed by atoms with E-state index in [1.54, 1.807) is 24.5 Å². The molecule has 0 atom stereocenters. The number of ether oxygens (including phenoxy) is 1. The molecule has 0 fully saturated rings. The topological polar surface area (TPSA) is 75.2 Å². The van der Waals surface area contributed by atoms with Crippen molar-refractivity contribution in [2.24, 2.45) is 0 Å². The first-order valence-electron chi connectivity index (χ1n) is 4.71. The average molecular weight is 218 g/mol. The summed E-state index contributed by atoms with van der Waals surface area (Å²) < 4.78 is 5.16. The molecular formula is C11H10N2O3. The monoisotopic (exact) mass is 218 g/mol. The number of aromatic amines is 1. The van der Waals surface area contributed by atoms with Crippen molar-refractivity contribution in [1.29, 1.82) is 0 Å². The Morgan fingerprint density at radius 3 is 2.94 bits per heavy atom. The van der Waals surface area contributed by atoms with Crippen LogP contribution in [0.3, 0.4) is 0 Å². The summed E-state index contributed by atoms with van der Waals surface area (Å²) in [5, 5.41) is 8.55. The first kappa shape index (κ1) is 10.2. The molecule has 0 spiro atoms. The number of hydrogen-bond acceptors (Lipinski definition) is 3. The minimum Gasteiger partial charge on any atom is -0.481 e.